The Morgan fingerprint density at radius 2 is 0.788 bits per heavy atom. The van der Waals surface area contributed by atoms with Gasteiger partial charge in [0.2, 0.25) is 5.91 Å². The minimum Gasteiger partial charge on any atom is -0.394 e. The van der Waals surface area contributed by atoms with Crippen LogP contribution in [0.5, 0.6) is 0 Å². The van der Waals surface area contributed by atoms with Crippen molar-refractivity contribution in [3.63, 3.8) is 0 Å². The van der Waals surface area contributed by atoms with Crippen LogP contribution in [0.3, 0.4) is 0 Å². The quantitative estimate of drug-likeness (QED) is 0.0317. The molecule has 0 saturated carbocycles. The van der Waals surface area contributed by atoms with Gasteiger partial charge in [0.05, 0.1) is 18.8 Å². The van der Waals surface area contributed by atoms with E-state index in [1.54, 1.807) is 0 Å². The molecular formula is C46H89NO5. The van der Waals surface area contributed by atoms with Crippen LogP contribution in [0.15, 0.2) is 24.3 Å². The molecule has 0 heterocycles. The fourth-order valence-electron chi connectivity index (χ4n) is 6.99. The Bertz CT molecular complexity index is 787. The molecule has 0 aliphatic carbocycles. The lowest BCUT2D eigenvalue weighted by Crippen LogP contribution is -2.53. The van der Waals surface area contributed by atoms with Crippen molar-refractivity contribution in [1.82, 2.24) is 5.32 Å². The van der Waals surface area contributed by atoms with Gasteiger partial charge >= 0.3 is 0 Å². The second kappa shape index (κ2) is 41.0. The largest absolute Gasteiger partial charge is 0.394 e. The smallest absolute Gasteiger partial charge is 0.249 e. The Labute approximate surface area is 323 Å². The lowest BCUT2D eigenvalue weighted by atomic mass is 10.00. The number of carbonyl (C=O) groups excluding carboxylic acids is 1. The summed E-state index contributed by atoms with van der Waals surface area (Å²) in [4.78, 5) is 12.5. The molecule has 0 aliphatic heterocycles. The van der Waals surface area contributed by atoms with Crippen LogP contribution in [0.25, 0.3) is 0 Å². The van der Waals surface area contributed by atoms with E-state index in [0.717, 1.165) is 38.5 Å². The molecule has 5 N–H and O–H groups in total. The minimum absolute atomic E-state index is 0.361. The molecule has 308 valence electrons. The molecule has 52 heavy (non-hydrogen) atoms. The van der Waals surface area contributed by atoms with Crippen molar-refractivity contribution in [3.8, 4) is 0 Å². The molecular weight excluding hydrogens is 647 g/mol. The van der Waals surface area contributed by atoms with Gasteiger partial charge in [-0.2, -0.15) is 0 Å². The highest BCUT2D eigenvalue weighted by atomic mass is 16.3. The van der Waals surface area contributed by atoms with Crippen molar-refractivity contribution in [2.75, 3.05) is 6.61 Å². The Balaban J connectivity index is 3.70. The van der Waals surface area contributed by atoms with E-state index in [0.29, 0.717) is 12.8 Å². The van der Waals surface area contributed by atoms with Crippen molar-refractivity contribution in [2.24, 2.45) is 0 Å². The van der Waals surface area contributed by atoms with Crippen LogP contribution < -0.4 is 5.32 Å². The first-order valence-electron chi connectivity index (χ1n) is 22.7. The molecule has 0 radical (unpaired) electrons. The van der Waals surface area contributed by atoms with Gasteiger partial charge < -0.3 is 25.7 Å². The second-order valence-corrected chi connectivity index (χ2v) is 15.7. The molecule has 6 heteroatoms. The summed E-state index contributed by atoms with van der Waals surface area (Å²) in [6.45, 7) is 4.03. The van der Waals surface area contributed by atoms with Crippen LogP contribution in [0.4, 0.5) is 0 Å². The average molecular weight is 736 g/mol. The van der Waals surface area contributed by atoms with E-state index in [-0.39, 0.29) is 0 Å². The summed E-state index contributed by atoms with van der Waals surface area (Å²) in [7, 11) is 0. The molecule has 1 amide bonds. The monoisotopic (exact) mass is 736 g/mol. The fraction of sp³-hybridized carbons (Fsp3) is 0.891. The summed E-state index contributed by atoms with van der Waals surface area (Å²) >= 11 is 0. The van der Waals surface area contributed by atoms with E-state index >= 15 is 0 Å². The van der Waals surface area contributed by atoms with Crippen LogP contribution in [0.1, 0.15) is 232 Å². The summed E-state index contributed by atoms with van der Waals surface area (Å²) in [5.74, 6) is -0.596. The number of carbonyl (C=O) groups is 1. The van der Waals surface area contributed by atoms with Gasteiger partial charge in [-0.05, 0) is 64.2 Å². The molecule has 0 rings (SSSR count). The maximum atomic E-state index is 12.5. The third-order valence-corrected chi connectivity index (χ3v) is 10.6. The van der Waals surface area contributed by atoms with Gasteiger partial charge in [0.25, 0.3) is 0 Å². The van der Waals surface area contributed by atoms with Crippen LogP contribution in [0.2, 0.25) is 0 Å². The van der Waals surface area contributed by atoms with Crippen molar-refractivity contribution < 1.29 is 25.2 Å². The second-order valence-electron chi connectivity index (χ2n) is 15.7. The molecule has 0 saturated heterocycles. The van der Waals surface area contributed by atoms with Crippen molar-refractivity contribution in [1.29, 1.82) is 0 Å². The highest BCUT2D eigenvalue weighted by Gasteiger charge is 2.28. The van der Waals surface area contributed by atoms with Crippen molar-refractivity contribution in [3.05, 3.63) is 24.3 Å². The Morgan fingerprint density at radius 3 is 1.15 bits per heavy atom. The number of amides is 1. The number of rotatable bonds is 41. The Kier molecular flexibility index (Phi) is 40.0. The maximum absolute atomic E-state index is 12.5. The number of allylic oxidation sites excluding steroid dienone is 4. The first-order chi connectivity index (χ1) is 25.5. The minimum atomic E-state index is -1.28. The van der Waals surface area contributed by atoms with Crippen LogP contribution >= 0.6 is 0 Å². The zero-order valence-corrected chi connectivity index (χ0v) is 34.6. The fourth-order valence-corrected chi connectivity index (χ4v) is 6.99. The average Bonchev–Trinajstić information content (AvgIpc) is 3.15. The highest BCUT2D eigenvalue weighted by Crippen LogP contribution is 2.15. The van der Waals surface area contributed by atoms with Gasteiger partial charge in [-0.3, -0.25) is 4.79 Å². The summed E-state index contributed by atoms with van der Waals surface area (Å²) in [6, 6.07) is -1.00. The first-order valence-corrected chi connectivity index (χ1v) is 22.7. The van der Waals surface area contributed by atoms with Gasteiger partial charge in [0.15, 0.2) is 0 Å². The number of unbranched alkanes of at least 4 members (excludes halogenated alkanes) is 28. The van der Waals surface area contributed by atoms with E-state index in [4.69, 9.17) is 0 Å². The maximum Gasteiger partial charge on any atom is 0.249 e. The van der Waals surface area contributed by atoms with Gasteiger partial charge in [-0.1, -0.05) is 192 Å². The third kappa shape index (κ3) is 34.6. The summed E-state index contributed by atoms with van der Waals surface area (Å²) in [5.41, 5.74) is 0. The van der Waals surface area contributed by atoms with E-state index in [2.05, 4.69) is 43.5 Å². The summed E-state index contributed by atoms with van der Waals surface area (Å²) < 4.78 is 0. The molecule has 0 aromatic rings. The SMILES string of the molecule is CCCCCCCCC/C=C/CCCC(O)C(O)C(CO)NC(=O)C(O)CCCCCCCCCC/C=C\CCCCCCCCCCCCCC. The topological polar surface area (TPSA) is 110 Å². The van der Waals surface area contributed by atoms with Crippen LogP contribution in [0, 0.1) is 0 Å². The van der Waals surface area contributed by atoms with E-state index in [1.165, 1.54) is 167 Å². The molecule has 0 fully saturated rings. The normalized spacial score (nSPS) is 14.3. The predicted octanol–water partition coefficient (Wildman–Crippen LogP) is 12.0. The first kappa shape index (κ1) is 50.8. The number of hydrogen-bond donors (Lipinski definition) is 5. The zero-order chi connectivity index (χ0) is 38.2. The Hall–Kier alpha value is -1.21. The van der Waals surface area contributed by atoms with Gasteiger partial charge in [-0.15, -0.1) is 0 Å². The highest BCUT2D eigenvalue weighted by molar-refractivity contribution is 5.80. The van der Waals surface area contributed by atoms with E-state index in [1.807, 2.05) is 0 Å². The summed E-state index contributed by atoms with van der Waals surface area (Å²) in [6.07, 6.45) is 46.5. The standard InChI is InChI=1S/C46H89NO5/c1-3-5-7-9-11-13-15-17-18-19-20-21-22-23-24-25-26-27-28-30-32-34-36-38-40-44(50)46(52)47-42(41-48)45(51)43(49)39-37-35-33-31-29-16-14-12-10-8-6-4-2/h23-24,31,33,42-45,48-51H,3-22,25-30,32,34-41H2,1-2H3,(H,47,52)/b24-23-,33-31+. The molecule has 0 aromatic heterocycles. The Morgan fingerprint density at radius 1 is 0.462 bits per heavy atom. The number of hydrogen-bond acceptors (Lipinski definition) is 5. The van der Waals surface area contributed by atoms with Gasteiger partial charge in [0.1, 0.15) is 12.2 Å². The zero-order valence-electron chi connectivity index (χ0n) is 34.6. The van der Waals surface area contributed by atoms with Gasteiger partial charge in [0, 0.05) is 0 Å². The lowest BCUT2D eigenvalue weighted by molar-refractivity contribution is -0.132. The molecule has 0 aromatic carbocycles. The van der Waals surface area contributed by atoms with Crippen molar-refractivity contribution in [2.45, 2.75) is 257 Å². The van der Waals surface area contributed by atoms with E-state index < -0.39 is 36.9 Å². The lowest BCUT2D eigenvalue weighted by Gasteiger charge is -2.27. The third-order valence-electron chi connectivity index (χ3n) is 10.6. The number of nitrogens with one attached hydrogen (secondary N) is 1. The summed E-state index contributed by atoms with van der Waals surface area (Å²) in [5, 5.41) is 43.6. The molecule has 6 nitrogen and oxygen atoms in total. The number of aliphatic hydroxyl groups excluding tert-OH is 4. The molecule has 0 spiro atoms. The molecule has 4 atom stereocenters. The van der Waals surface area contributed by atoms with Crippen LogP contribution in [-0.2, 0) is 4.79 Å². The van der Waals surface area contributed by atoms with Gasteiger partial charge in [-0.25, -0.2) is 0 Å². The number of aliphatic hydroxyl groups is 4. The van der Waals surface area contributed by atoms with E-state index in [9.17, 15) is 25.2 Å². The van der Waals surface area contributed by atoms with Crippen molar-refractivity contribution >= 4 is 5.91 Å². The molecule has 0 bridgehead atoms. The molecule has 0 aliphatic rings. The predicted molar refractivity (Wildman–Crippen MR) is 224 cm³/mol. The molecule has 4 unspecified atom stereocenters. The van der Waals surface area contributed by atoms with Crippen LogP contribution in [-0.4, -0.2) is 57.3 Å².